The molecular formula is C47H63N5O10S. The Morgan fingerprint density at radius 1 is 1.06 bits per heavy atom. The van der Waals surface area contributed by atoms with Crippen molar-refractivity contribution in [2.24, 2.45) is 17.8 Å². The third-order valence-corrected chi connectivity index (χ3v) is 16.5. The first kappa shape index (κ1) is 44.9. The largest absolute Gasteiger partial charge is 0.492 e. The first-order chi connectivity index (χ1) is 30.0. The van der Waals surface area contributed by atoms with Gasteiger partial charge in [0.2, 0.25) is 27.7 Å². The van der Waals surface area contributed by atoms with E-state index in [1.807, 2.05) is 24.3 Å². The molecule has 2 aliphatic heterocycles. The number of fused-ring (bicyclic) bond motifs is 5. The molecule has 2 aromatic rings. The number of nitrogens with one attached hydrogen (secondary N) is 3. The number of nitrogens with zero attached hydrogens (tertiary/aromatic N) is 2. The van der Waals surface area contributed by atoms with Crippen LogP contribution in [0.4, 0.5) is 4.79 Å². The summed E-state index contributed by atoms with van der Waals surface area (Å²) in [6.07, 6.45) is 13.1. The second-order valence-corrected chi connectivity index (χ2v) is 21.8. The van der Waals surface area contributed by atoms with Crippen molar-refractivity contribution in [3.63, 3.8) is 0 Å². The van der Waals surface area contributed by atoms with Crippen LogP contribution in [-0.4, -0.2) is 101 Å². The van der Waals surface area contributed by atoms with Crippen LogP contribution in [0, 0.1) is 17.8 Å². The molecular weight excluding hydrogens is 827 g/mol. The van der Waals surface area contributed by atoms with E-state index in [9.17, 15) is 27.9 Å². The van der Waals surface area contributed by atoms with Crippen LogP contribution in [0.5, 0.6) is 11.6 Å². The van der Waals surface area contributed by atoms with Gasteiger partial charge in [0.15, 0.2) is 0 Å². The van der Waals surface area contributed by atoms with E-state index in [-0.39, 0.29) is 49.8 Å². The maximum atomic E-state index is 15.1. The van der Waals surface area contributed by atoms with Gasteiger partial charge in [-0.1, -0.05) is 43.2 Å². The van der Waals surface area contributed by atoms with Gasteiger partial charge in [0.1, 0.15) is 35.6 Å². The minimum Gasteiger partial charge on any atom is -0.492 e. The smallest absolute Gasteiger partial charge is 0.408 e. The average Bonchev–Trinajstić information content (AvgIpc) is 3.86. The number of benzene rings is 1. The van der Waals surface area contributed by atoms with Crippen LogP contribution in [0.3, 0.4) is 0 Å². The number of carbonyl (C=O) groups is 4. The molecule has 16 heteroatoms. The Kier molecular flexibility index (Phi) is 12.6. The van der Waals surface area contributed by atoms with Crippen molar-refractivity contribution in [2.75, 3.05) is 13.2 Å². The van der Waals surface area contributed by atoms with Crippen LogP contribution in [0.15, 0.2) is 49.1 Å². The normalized spacial score (nSPS) is 30.4. The Bertz CT molecular complexity index is 2250. The summed E-state index contributed by atoms with van der Waals surface area (Å²) in [5, 5.41) is 17.2. The molecule has 15 nitrogen and oxygen atoms in total. The summed E-state index contributed by atoms with van der Waals surface area (Å²) in [5.74, 6) is -1.69. The highest BCUT2D eigenvalue weighted by molar-refractivity contribution is 7.91. The van der Waals surface area contributed by atoms with Gasteiger partial charge in [-0.05, 0) is 115 Å². The van der Waals surface area contributed by atoms with Crippen LogP contribution in [0.1, 0.15) is 116 Å². The minimum atomic E-state index is -4.02. The van der Waals surface area contributed by atoms with Crippen LogP contribution in [0.2, 0.25) is 0 Å². The van der Waals surface area contributed by atoms with Crippen LogP contribution in [-0.2, 0) is 35.6 Å². The number of para-hydroxylation sites is 1. The van der Waals surface area contributed by atoms with E-state index in [2.05, 4.69) is 34.1 Å². The third-order valence-electron chi connectivity index (χ3n) is 14.3. The number of sulfonamides is 1. The minimum absolute atomic E-state index is 0.00859. The van der Waals surface area contributed by atoms with E-state index >= 15 is 4.79 Å². The standard InChI is InChI=1S/C47H63N5O10S/c1-5-31-27-47(31,43(55)51-63(58,59)46(4)22-23-46)50-40(53)36-26-32-28-52(36)42(54)38(30-15-9-10-16-30)49-44(56)62-37-21-13-17-29(37)14-7-6-8-19-34-39(60-25-24-45(2,3)57)33-18-11-12-20-35(33)48-41(34)61-32/h5-6,8,11-12,18,20,29-32,36-38,57H,1,7,9-10,13-17,19,21-28H2,2-4H3,(H,49,56)(H,50,53)(H,51,55)/b8-6-/t29-,31-,32-,36+,37-,38+,47-/m1/s1. The van der Waals surface area contributed by atoms with E-state index in [0.29, 0.717) is 55.4 Å². The fourth-order valence-corrected chi connectivity index (χ4v) is 11.3. The molecule has 5 fully saturated rings. The molecule has 3 heterocycles. The molecule has 2 bridgehead atoms. The van der Waals surface area contributed by atoms with E-state index in [1.54, 1.807) is 20.8 Å². The van der Waals surface area contributed by atoms with Gasteiger partial charge in [-0.3, -0.25) is 19.1 Å². The number of alkyl carbamates (subject to hydrolysis) is 1. The Labute approximate surface area is 370 Å². The molecule has 8 rings (SSSR count). The van der Waals surface area contributed by atoms with E-state index in [1.165, 1.54) is 11.0 Å². The van der Waals surface area contributed by atoms with Gasteiger partial charge >= 0.3 is 6.09 Å². The second kappa shape index (κ2) is 17.7. The first-order valence-electron chi connectivity index (χ1n) is 22.9. The number of pyridine rings is 1. The molecule has 4 amide bonds. The Balaban J connectivity index is 1.16. The molecule has 4 saturated carbocycles. The number of rotatable bonds is 11. The molecule has 63 heavy (non-hydrogen) atoms. The lowest BCUT2D eigenvalue weighted by Gasteiger charge is -2.32. The predicted molar refractivity (Wildman–Crippen MR) is 235 cm³/mol. The zero-order valence-electron chi connectivity index (χ0n) is 36.7. The maximum absolute atomic E-state index is 15.1. The van der Waals surface area contributed by atoms with Gasteiger partial charge in [-0.2, -0.15) is 0 Å². The zero-order valence-corrected chi connectivity index (χ0v) is 37.6. The van der Waals surface area contributed by atoms with Gasteiger partial charge in [0.05, 0.1) is 34.6 Å². The van der Waals surface area contributed by atoms with E-state index in [4.69, 9.17) is 19.2 Å². The van der Waals surface area contributed by atoms with Crippen molar-refractivity contribution in [1.82, 2.24) is 25.2 Å². The fourth-order valence-electron chi connectivity index (χ4n) is 9.96. The van der Waals surface area contributed by atoms with E-state index < -0.39 is 73.8 Å². The number of hydrogen-bond acceptors (Lipinski definition) is 11. The number of aromatic nitrogens is 1. The lowest BCUT2D eigenvalue weighted by Crippen LogP contribution is -2.59. The topological polar surface area (TPSA) is 203 Å². The lowest BCUT2D eigenvalue weighted by molar-refractivity contribution is -0.142. The molecule has 0 spiro atoms. The average molecular weight is 890 g/mol. The molecule has 1 aromatic heterocycles. The second-order valence-electron chi connectivity index (χ2n) is 19.6. The summed E-state index contributed by atoms with van der Waals surface area (Å²) in [7, 11) is -4.02. The van der Waals surface area contributed by atoms with Gasteiger partial charge in [0.25, 0.3) is 5.91 Å². The number of aliphatic hydroxyl groups is 1. The van der Waals surface area contributed by atoms with Crippen molar-refractivity contribution >= 4 is 44.7 Å². The van der Waals surface area contributed by atoms with Crippen molar-refractivity contribution in [3.8, 4) is 11.6 Å². The predicted octanol–water partition coefficient (Wildman–Crippen LogP) is 5.53. The summed E-state index contributed by atoms with van der Waals surface area (Å²) >= 11 is 0. The number of allylic oxidation sites excluding steroid dienone is 2. The Morgan fingerprint density at radius 2 is 1.81 bits per heavy atom. The maximum Gasteiger partial charge on any atom is 0.408 e. The number of carbonyl (C=O) groups excluding carboxylic acids is 4. The Hall–Kier alpha value is -4.70. The van der Waals surface area contributed by atoms with Gasteiger partial charge in [-0.25, -0.2) is 18.2 Å². The van der Waals surface area contributed by atoms with Crippen molar-refractivity contribution in [1.29, 1.82) is 0 Å². The summed E-state index contributed by atoms with van der Waals surface area (Å²) in [6.45, 7) is 9.05. The lowest BCUT2D eigenvalue weighted by atomic mass is 9.96. The summed E-state index contributed by atoms with van der Waals surface area (Å²) in [6, 6.07) is 5.43. The highest BCUT2D eigenvalue weighted by Gasteiger charge is 2.63. The molecule has 4 aliphatic carbocycles. The fraction of sp³-hybridized carbons (Fsp3) is 0.638. The summed E-state index contributed by atoms with van der Waals surface area (Å²) in [5.41, 5.74) is -1.26. The van der Waals surface area contributed by atoms with Gasteiger partial charge in [-0.15, -0.1) is 6.58 Å². The summed E-state index contributed by atoms with van der Waals surface area (Å²) in [4.78, 5) is 63.8. The SMILES string of the molecule is C=C[C@@H]1C[C@]1(NC(=O)[C@@H]1C[C@@H]2CN1C(=O)[C@H](C1CCCC1)NC(=O)O[C@@H]1CCC[C@H]1CC/C=C\Cc1c(nc3ccccc3c1OCCC(C)(C)O)O2)C(=O)NS(=O)(=O)C1(C)CC1. The highest BCUT2D eigenvalue weighted by Crippen LogP contribution is 2.47. The molecule has 0 unspecified atom stereocenters. The molecule has 1 aromatic carbocycles. The highest BCUT2D eigenvalue weighted by atomic mass is 32.2. The van der Waals surface area contributed by atoms with Crippen molar-refractivity contribution in [3.05, 3.63) is 54.6 Å². The first-order valence-corrected chi connectivity index (χ1v) is 24.4. The van der Waals surface area contributed by atoms with E-state index in [0.717, 1.165) is 50.3 Å². The molecule has 0 radical (unpaired) electrons. The Morgan fingerprint density at radius 3 is 2.52 bits per heavy atom. The molecule has 1 saturated heterocycles. The van der Waals surface area contributed by atoms with Crippen LogP contribution >= 0.6 is 0 Å². The number of hydrogen-bond donors (Lipinski definition) is 4. The number of ether oxygens (including phenoxy) is 3. The van der Waals surface area contributed by atoms with Crippen LogP contribution in [0.25, 0.3) is 10.9 Å². The van der Waals surface area contributed by atoms with Gasteiger partial charge in [0, 0.05) is 24.1 Å². The summed E-state index contributed by atoms with van der Waals surface area (Å²) < 4.78 is 47.0. The molecule has 342 valence electrons. The van der Waals surface area contributed by atoms with Crippen molar-refractivity contribution < 1.29 is 46.9 Å². The molecule has 4 N–H and O–H groups in total. The molecule has 7 atom stereocenters. The molecule has 6 aliphatic rings. The zero-order chi connectivity index (χ0) is 44.7. The quantitative estimate of drug-likeness (QED) is 0.207. The van der Waals surface area contributed by atoms with Crippen molar-refractivity contribution in [2.45, 2.75) is 157 Å². The van der Waals surface area contributed by atoms with Gasteiger partial charge < -0.3 is 34.9 Å². The van der Waals surface area contributed by atoms with Crippen LogP contribution < -0.4 is 24.8 Å². The monoisotopic (exact) mass is 889 g/mol. The third kappa shape index (κ3) is 9.57. The number of amides is 4.